The van der Waals surface area contributed by atoms with Gasteiger partial charge in [0.1, 0.15) is 0 Å². The summed E-state index contributed by atoms with van der Waals surface area (Å²) in [5.41, 5.74) is -0.834. The number of aliphatic hydroxyl groups is 2. The van der Waals surface area contributed by atoms with E-state index in [9.17, 15) is 28.2 Å². The maximum Gasteiger partial charge on any atom is 0.416 e. The van der Waals surface area contributed by atoms with Gasteiger partial charge in [0, 0.05) is 44.8 Å². The lowest BCUT2D eigenvalue weighted by atomic mass is 9.93. The largest absolute Gasteiger partial charge is 0.416 e. The van der Waals surface area contributed by atoms with Crippen LogP contribution in [0.4, 0.5) is 18.9 Å². The second-order valence-corrected chi connectivity index (χ2v) is 9.19. The Morgan fingerprint density at radius 3 is 2.50 bits per heavy atom. The highest BCUT2D eigenvalue weighted by Gasteiger charge is 2.32. The standard InChI is InChI=1S/C23H34F3N3O3/c1-22(32)8-12-27(13-9-22)10-3-6-20(17-30)29-15-14-28(11-7-21(29)31)19-5-2-4-18(16-19)23(24,25)26/h2,4-5,16,20,30,32H,3,6-15,17H2,1H3. The van der Waals surface area contributed by atoms with Crippen molar-refractivity contribution < 1.29 is 28.2 Å². The van der Waals surface area contributed by atoms with E-state index in [0.717, 1.165) is 51.0 Å². The normalized spacial score (nSPS) is 21.5. The molecule has 1 atom stereocenters. The topological polar surface area (TPSA) is 67.2 Å². The summed E-state index contributed by atoms with van der Waals surface area (Å²) >= 11 is 0. The first-order valence-electron chi connectivity index (χ1n) is 11.4. The number of hydrogen-bond acceptors (Lipinski definition) is 5. The van der Waals surface area contributed by atoms with Crippen LogP contribution in [-0.2, 0) is 11.0 Å². The molecule has 3 rings (SSSR count). The van der Waals surface area contributed by atoms with Crippen molar-refractivity contribution in [2.24, 2.45) is 0 Å². The third-order valence-corrected chi connectivity index (χ3v) is 6.66. The maximum atomic E-state index is 13.1. The lowest BCUT2D eigenvalue weighted by Crippen LogP contribution is -2.45. The molecular weight excluding hydrogens is 423 g/mol. The Bertz CT molecular complexity index is 762. The average Bonchev–Trinajstić information content (AvgIpc) is 2.94. The van der Waals surface area contributed by atoms with E-state index in [0.29, 0.717) is 31.7 Å². The van der Waals surface area contributed by atoms with Crippen molar-refractivity contribution in [1.29, 1.82) is 0 Å². The minimum atomic E-state index is -4.41. The summed E-state index contributed by atoms with van der Waals surface area (Å²) in [5, 5.41) is 20.0. The number of rotatable bonds is 7. The van der Waals surface area contributed by atoms with Gasteiger partial charge in [-0.15, -0.1) is 0 Å². The molecule has 1 amide bonds. The SMILES string of the molecule is CC1(O)CCN(CCCC(CO)N2CCN(c3cccc(C(F)(F)F)c3)CCC2=O)CC1. The van der Waals surface area contributed by atoms with Gasteiger partial charge in [0.25, 0.3) is 0 Å². The molecule has 2 heterocycles. The number of carbonyl (C=O) groups excluding carboxylic acids is 1. The van der Waals surface area contributed by atoms with E-state index in [4.69, 9.17) is 0 Å². The first kappa shape index (κ1) is 24.8. The predicted molar refractivity (Wildman–Crippen MR) is 116 cm³/mol. The third kappa shape index (κ3) is 6.59. The number of piperidine rings is 1. The van der Waals surface area contributed by atoms with E-state index in [-0.39, 0.29) is 25.0 Å². The Morgan fingerprint density at radius 1 is 1.12 bits per heavy atom. The number of anilines is 1. The Kier molecular flexibility index (Phi) is 8.06. The lowest BCUT2D eigenvalue weighted by molar-refractivity contribution is -0.137. The Labute approximate surface area is 187 Å². The zero-order valence-electron chi connectivity index (χ0n) is 18.7. The van der Waals surface area contributed by atoms with Crippen LogP contribution < -0.4 is 4.90 Å². The highest BCUT2D eigenvalue weighted by atomic mass is 19.4. The quantitative estimate of drug-likeness (QED) is 0.659. The molecule has 2 aliphatic rings. The van der Waals surface area contributed by atoms with Crippen LogP contribution in [0.2, 0.25) is 0 Å². The third-order valence-electron chi connectivity index (χ3n) is 6.66. The molecule has 2 saturated heterocycles. The van der Waals surface area contributed by atoms with Gasteiger partial charge in [-0.1, -0.05) is 6.07 Å². The molecule has 6 nitrogen and oxygen atoms in total. The van der Waals surface area contributed by atoms with Crippen molar-refractivity contribution in [3.05, 3.63) is 29.8 Å². The molecule has 2 N–H and O–H groups in total. The molecule has 0 aliphatic carbocycles. The molecule has 1 unspecified atom stereocenters. The lowest BCUT2D eigenvalue weighted by Gasteiger charge is -2.36. The Morgan fingerprint density at radius 2 is 1.84 bits per heavy atom. The van der Waals surface area contributed by atoms with E-state index < -0.39 is 17.3 Å². The van der Waals surface area contributed by atoms with E-state index in [1.807, 2.05) is 6.92 Å². The number of benzene rings is 1. The van der Waals surface area contributed by atoms with E-state index in [1.165, 1.54) is 6.07 Å². The molecule has 0 aromatic heterocycles. The summed E-state index contributed by atoms with van der Waals surface area (Å²) in [6, 6.07) is 4.90. The van der Waals surface area contributed by atoms with Gasteiger partial charge in [-0.2, -0.15) is 13.2 Å². The fourth-order valence-electron chi connectivity index (χ4n) is 4.52. The van der Waals surface area contributed by atoms with Crippen molar-refractivity contribution in [2.45, 2.75) is 56.8 Å². The number of amides is 1. The average molecular weight is 458 g/mol. The van der Waals surface area contributed by atoms with Crippen LogP contribution in [-0.4, -0.2) is 83.4 Å². The number of likely N-dealkylation sites (tertiary alicyclic amines) is 1. The molecular formula is C23H34F3N3O3. The molecule has 0 radical (unpaired) electrons. The molecule has 32 heavy (non-hydrogen) atoms. The van der Waals surface area contributed by atoms with Gasteiger partial charge < -0.3 is 24.9 Å². The number of nitrogens with zero attached hydrogens (tertiary/aromatic N) is 3. The maximum absolute atomic E-state index is 13.1. The summed E-state index contributed by atoms with van der Waals surface area (Å²) in [6.07, 6.45) is -1.23. The number of alkyl halides is 3. The van der Waals surface area contributed by atoms with Crippen LogP contribution in [0.3, 0.4) is 0 Å². The minimum absolute atomic E-state index is 0.0763. The first-order valence-corrected chi connectivity index (χ1v) is 11.4. The fraction of sp³-hybridized carbons (Fsp3) is 0.696. The van der Waals surface area contributed by atoms with E-state index in [1.54, 1.807) is 15.9 Å². The highest BCUT2D eigenvalue weighted by molar-refractivity contribution is 5.78. The number of aliphatic hydroxyl groups excluding tert-OH is 1. The second-order valence-electron chi connectivity index (χ2n) is 9.19. The number of carbonyl (C=O) groups is 1. The molecule has 0 bridgehead atoms. The zero-order valence-corrected chi connectivity index (χ0v) is 18.7. The molecule has 0 saturated carbocycles. The van der Waals surface area contributed by atoms with Crippen molar-refractivity contribution in [2.75, 3.05) is 50.8 Å². The molecule has 1 aromatic carbocycles. The molecule has 2 fully saturated rings. The second kappa shape index (κ2) is 10.4. The van der Waals surface area contributed by atoms with Crippen LogP contribution in [0.1, 0.15) is 44.6 Å². The molecule has 180 valence electrons. The van der Waals surface area contributed by atoms with Gasteiger partial charge in [0.15, 0.2) is 0 Å². The van der Waals surface area contributed by atoms with Gasteiger partial charge in [-0.3, -0.25) is 4.79 Å². The van der Waals surface area contributed by atoms with Crippen LogP contribution in [0, 0.1) is 0 Å². The Hall–Kier alpha value is -1.84. The van der Waals surface area contributed by atoms with Crippen LogP contribution in [0.15, 0.2) is 24.3 Å². The van der Waals surface area contributed by atoms with Crippen LogP contribution >= 0.6 is 0 Å². The van der Waals surface area contributed by atoms with Crippen LogP contribution in [0.5, 0.6) is 0 Å². The molecule has 1 aromatic rings. The van der Waals surface area contributed by atoms with Gasteiger partial charge in [0.2, 0.25) is 5.91 Å². The molecule has 0 spiro atoms. The summed E-state index contributed by atoms with van der Waals surface area (Å²) in [5.74, 6) is -0.0763. The number of hydrogen-bond donors (Lipinski definition) is 2. The van der Waals surface area contributed by atoms with E-state index >= 15 is 0 Å². The monoisotopic (exact) mass is 457 g/mol. The summed E-state index contributed by atoms with van der Waals surface area (Å²) in [7, 11) is 0. The zero-order chi connectivity index (χ0) is 23.4. The number of halogens is 3. The van der Waals surface area contributed by atoms with Crippen LogP contribution in [0.25, 0.3) is 0 Å². The predicted octanol–water partition coefficient (Wildman–Crippen LogP) is 2.73. The fourth-order valence-corrected chi connectivity index (χ4v) is 4.52. The first-order chi connectivity index (χ1) is 15.1. The van der Waals surface area contributed by atoms with Gasteiger partial charge in [0.05, 0.1) is 23.8 Å². The summed E-state index contributed by atoms with van der Waals surface area (Å²) < 4.78 is 39.2. The summed E-state index contributed by atoms with van der Waals surface area (Å²) in [6.45, 7) is 5.39. The Balaban J connectivity index is 1.54. The highest BCUT2D eigenvalue weighted by Crippen LogP contribution is 2.32. The van der Waals surface area contributed by atoms with Gasteiger partial charge in [-0.05, 0) is 57.4 Å². The van der Waals surface area contributed by atoms with Gasteiger partial charge >= 0.3 is 6.18 Å². The smallest absolute Gasteiger partial charge is 0.394 e. The van der Waals surface area contributed by atoms with Crippen molar-refractivity contribution in [3.63, 3.8) is 0 Å². The van der Waals surface area contributed by atoms with Crippen molar-refractivity contribution >= 4 is 11.6 Å². The van der Waals surface area contributed by atoms with Crippen molar-refractivity contribution in [1.82, 2.24) is 9.80 Å². The van der Waals surface area contributed by atoms with E-state index in [2.05, 4.69) is 4.90 Å². The minimum Gasteiger partial charge on any atom is -0.394 e. The molecule has 2 aliphatic heterocycles. The summed E-state index contributed by atoms with van der Waals surface area (Å²) in [4.78, 5) is 18.5. The molecule has 9 heteroatoms. The van der Waals surface area contributed by atoms with Gasteiger partial charge in [-0.25, -0.2) is 0 Å². The van der Waals surface area contributed by atoms with Crippen molar-refractivity contribution in [3.8, 4) is 0 Å².